The van der Waals surface area contributed by atoms with Crippen LogP contribution in [0.5, 0.6) is 0 Å². The van der Waals surface area contributed by atoms with E-state index in [1.807, 2.05) is 0 Å². The number of primary amides is 2. The fraction of sp³-hybridized carbons (Fsp3) is 0.636. The Hall–Kier alpha value is -2.32. The lowest BCUT2D eigenvalue weighted by atomic mass is 9.97. The largest absolute Gasteiger partial charge is 0.481 e. The average molecular weight is 286 g/mol. The number of urea groups is 1. The van der Waals surface area contributed by atoms with Crippen LogP contribution >= 0.6 is 0 Å². The first-order chi connectivity index (χ1) is 9.31. The highest BCUT2D eigenvalue weighted by Gasteiger charge is 2.30. The van der Waals surface area contributed by atoms with Gasteiger partial charge in [0, 0.05) is 13.1 Å². The summed E-state index contributed by atoms with van der Waals surface area (Å²) in [6, 6.07) is -0.536. The standard InChI is InChI=1S/C11H18N4O5/c12-8(16)5-15(6-9(13)17)11(20)14-3-1-7(2-4-14)10(18)19/h7H,1-6H2,(H2,12,16)(H2,13,17)(H,18,19). The molecule has 0 atom stereocenters. The summed E-state index contributed by atoms with van der Waals surface area (Å²) in [5.74, 6) is -2.86. The van der Waals surface area contributed by atoms with Gasteiger partial charge in [0.25, 0.3) is 0 Å². The van der Waals surface area contributed by atoms with Crippen molar-refractivity contribution in [2.45, 2.75) is 12.8 Å². The summed E-state index contributed by atoms with van der Waals surface area (Å²) in [4.78, 5) is 47.1. The van der Waals surface area contributed by atoms with Crippen LogP contribution < -0.4 is 11.5 Å². The van der Waals surface area contributed by atoms with Gasteiger partial charge in [0.1, 0.15) is 13.1 Å². The van der Waals surface area contributed by atoms with Crippen LogP contribution in [0.4, 0.5) is 4.79 Å². The molecule has 0 aromatic carbocycles. The Labute approximate surface area is 115 Å². The molecule has 0 aromatic heterocycles. The molecule has 0 aliphatic carbocycles. The third-order valence-electron chi connectivity index (χ3n) is 3.08. The van der Waals surface area contributed by atoms with Gasteiger partial charge in [-0.15, -0.1) is 0 Å². The number of rotatable bonds is 5. The van der Waals surface area contributed by atoms with E-state index in [1.54, 1.807) is 0 Å². The van der Waals surface area contributed by atoms with E-state index in [9.17, 15) is 19.2 Å². The molecule has 20 heavy (non-hydrogen) atoms. The predicted octanol–water partition coefficient (Wildman–Crippen LogP) is -1.82. The van der Waals surface area contributed by atoms with Crippen LogP contribution in [-0.2, 0) is 14.4 Å². The molecule has 0 radical (unpaired) electrons. The van der Waals surface area contributed by atoms with Gasteiger partial charge in [0.15, 0.2) is 0 Å². The fourth-order valence-corrected chi connectivity index (χ4v) is 2.09. The maximum Gasteiger partial charge on any atom is 0.320 e. The molecule has 0 bridgehead atoms. The molecule has 4 amide bonds. The van der Waals surface area contributed by atoms with Crippen molar-refractivity contribution in [3.8, 4) is 0 Å². The molecule has 0 saturated carbocycles. The molecule has 0 aromatic rings. The number of amides is 4. The second kappa shape index (κ2) is 6.73. The minimum absolute atomic E-state index is 0.254. The minimum atomic E-state index is -0.886. The molecule has 9 nitrogen and oxygen atoms in total. The van der Waals surface area contributed by atoms with Crippen LogP contribution in [-0.4, -0.2) is 64.9 Å². The Morgan fingerprint density at radius 2 is 1.50 bits per heavy atom. The van der Waals surface area contributed by atoms with E-state index in [0.717, 1.165) is 4.90 Å². The first-order valence-corrected chi connectivity index (χ1v) is 6.14. The molecule has 1 fully saturated rings. The number of carbonyl (C=O) groups excluding carboxylic acids is 3. The number of aliphatic carboxylic acids is 1. The fourth-order valence-electron chi connectivity index (χ4n) is 2.09. The highest BCUT2D eigenvalue weighted by Crippen LogP contribution is 2.18. The monoisotopic (exact) mass is 286 g/mol. The first-order valence-electron chi connectivity index (χ1n) is 6.14. The van der Waals surface area contributed by atoms with Crippen LogP contribution in [0.25, 0.3) is 0 Å². The van der Waals surface area contributed by atoms with Gasteiger partial charge in [-0.1, -0.05) is 0 Å². The van der Waals surface area contributed by atoms with Crippen molar-refractivity contribution in [2.75, 3.05) is 26.2 Å². The summed E-state index contributed by atoms with van der Waals surface area (Å²) in [6.07, 6.45) is 0.671. The van der Waals surface area contributed by atoms with Gasteiger partial charge in [0.2, 0.25) is 11.8 Å². The van der Waals surface area contributed by atoms with E-state index in [2.05, 4.69) is 0 Å². The van der Waals surface area contributed by atoms with Crippen molar-refractivity contribution in [1.29, 1.82) is 0 Å². The number of carboxylic acids is 1. The van der Waals surface area contributed by atoms with E-state index in [0.29, 0.717) is 12.8 Å². The Kier molecular flexibility index (Phi) is 5.30. The maximum atomic E-state index is 12.1. The molecule has 1 aliphatic rings. The van der Waals surface area contributed by atoms with Crippen molar-refractivity contribution in [3.05, 3.63) is 0 Å². The molecular weight excluding hydrogens is 268 g/mol. The number of hydrogen-bond acceptors (Lipinski definition) is 4. The lowest BCUT2D eigenvalue weighted by Crippen LogP contribution is -2.51. The summed E-state index contributed by atoms with van der Waals surface area (Å²) in [6.45, 7) is -0.297. The molecule has 1 aliphatic heterocycles. The summed E-state index contributed by atoms with van der Waals surface area (Å²) >= 11 is 0. The average Bonchev–Trinajstić information content (AvgIpc) is 2.36. The van der Waals surface area contributed by atoms with Gasteiger partial charge in [0.05, 0.1) is 5.92 Å². The Morgan fingerprint density at radius 3 is 1.85 bits per heavy atom. The van der Waals surface area contributed by atoms with Crippen LogP contribution in [0.2, 0.25) is 0 Å². The second-order valence-corrected chi connectivity index (χ2v) is 4.67. The molecule has 9 heteroatoms. The SMILES string of the molecule is NC(=O)CN(CC(N)=O)C(=O)N1CCC(C(=O)O)CC1. The molecule has 1 rings (SSSR count). The van der Waals surface area contributed by atoms with Gasteiger partial charge < -0.3 is 26.4 Å². The van der Waals surface area contributed by atoms with Gasteiger partial charge in [-0.05, 0) is 12.8 Å². The highest BCUT2D eigenvalue weighted by atomic mass is 16.4. The molecule has 1 heterocycles. The molecule has 0 spiro atoms. The summed E-state index contributed by atoms with van der Waals surface area (Å²) in [5, 5.41) is 8.87. The summed E-state index contributed by atoms with van der Waals surface area (Å²) < 4.78 is 0. The molecular formula is C11H18N4O5. The van der Waals surface area contributed by atoms with Crippen LogP contribution in [0.15, 0.2) is 0 Å². The normalized spacial score (nSPS) is 15.7. The lowest BCUT2D eigenvalue weighted by Gasteiger charge is -2.33. The van der Waals surface area contributed by atoms with Gasteiger partial charge >= 0.3 is 12.0 Å². The smallest absolute Gasteiger partial charge is 0.320 e. The number of carbonyl (C=O) groups is 4. The van der Waals surface area contributed by atoms with Crippen molar-refractivity contribution >= 4 is 23.8 Å². The topological polar surface area (TPSA) is 147 Å². The Morgan fingerprint density at radius 1 is 1.05 bits per heavy atom. The quantitative estimate of drug-likeness (QED) is 0.544. The van der Waals surface area contributed by atoms with Crippen LogP contribution in [0.1, 0.15) is 12.8 Å². The van der Waals surface area contributed by atoms with Crippen molar-refractivity contribution < 1.29 is 24.3 Å². The molecule has 0 unspecified atom stereocenters. The molecule has 5 N–H and O–H groups in total. The Balaban J connectivity index is 2.63. The number of likely N-dealkylation sites (tertiary alicyclic amines) is 1. The molecule has 112 valence electrons. The third-order valence-corrected chi connectivity index (χ3v) is 3.08. The van der Waals surface area contributed by atoms with Crippen molar-refractivity contribution in [1.82, 2.24) is 9.80 Å². The number of piperidine rings is 1. The number of nitrogens with two attached hydrogens (primary N) is 2. The van der Waals surface area contributed by atoms with E-state index in [-0.39, 0.29) is 13.1 Å². The second-order valence-electron chi connectivity index (χ2n) is 4.67. The minimum Gasteiger partial charge on any atom is -0.481 e. The van der Waals surface area contributed by atoms with Crippen LogP contribution in [0.3, 0.4) is 0 Å². The van der Waals surface area contributed by atoms with E-state index >= 15 is 0 Å². The van der Waals surface area contributed by atoms with E-state index < -0.39 is 42.8 Å². The number of hydrogen-bond donors (Lipinski definition) is 3. The molecule has 1 saturated heterocycles. The van der Waals surface area contributed by atoms with Gasteiger partial charge in [-0.2, -0.15) is 0 Å². The predicted molar refractivity (Wildman–Crippen MR) is 67.3 cm³/mol. The zero-order chi connectivity index (χ0) is 15.3. The van der Waals surface area contributed by atoms with Crippen LogP contribution in [0, 0.1) is 5.92 Å². The highest BCUT2D eigenvalue weighted by molar-refractivity contribution is 5.87. The summed E-state index contributed by atoms with van der Waals surface area (Å²) in [7, 11) is 0. The maximum absolute atomic E-state index is 12.1. The van der Waals surface area contributed by atoms with Gasteiger partial charge in [-0.25, -0.2) is 4.79 Å². The Bertz CT molecular complexity index is 401. The lowest BCUT2D eigenvalue weighted by molar-refractivity contribution is -0.143. The zero-order valence-corrected chi connectivity index (χ0v) is 10.9. The number of nitrogens with zero attached hydrogens (tertiary/aromatic N) is 2. The number of carboxylic acid groups (broad SMARTS) is 1. The summed E-state index contributed by atoms with van der Waals surface area (Å²) in [5.41, 5.74) is 10.0. The van der Waals surface area contributed by atoms with E-state index in [1.165, 1.54) is 4.90 Å². The third kappa shape index (κ3) is 4.41. The zero-order valence-electron chi connectivity index (χ0n) is 10.9. The van der Waals surface area contributed by atoms with Gasteiger partial charge in [-0.3, -0.25) is 14.4 Å². The van der Waals surface area contributed by atoms with E-state index in [4.69, 9.17) is 16.6 Å². The van der Waals surface area contributed by atoms with Crippen molar-refractivity contribution in [3.63, 3.8) is 0 Å². The van der Waals surface area contributed by atoms with Crippen molar-refractivity contribution in [2.24, 2.45) is 17.4 Å². The first kappa shape index (κ1) is 15.7.